The molecule has 1 aromatic heterocycles. The van der Waals surface area contributed by atoms with Gasteiger partial charge in [-0.2, -0.15) is 4.98 Å². The van der Waals surface area contributed by atoms with E-state index >= 15 is 0 Å². The van der Waals surface area contributed by atoms with Gasteiger partial charge in [0.2, 0.25) is 11.0 Å². The molecule has 0 amide bonds. The predicted molar refractivity (Wildman–Crippen MR) is 104 cm³/mol. The first-order valence-corrected chi connectivity index (χ1v) is 9.63. The van der Waals surface area contributed by atoms with E-state index in [1.807, 2.05) is 49.4 Å². The molecular weight excluding hydrogens is 344 g/mol. The summed E-state index contributed by atoms with van der Waals surface area (Å²) in [4.78, 5) is 4.66. The van der Waals surface area contributed by atoms with Crippen LogP contribution in [0.1, 0.15) is 25.8 Å². The lowest BCUT2D eigenvalue weighted by Crippen LogP contribution is -2.40. The SMILES string of the molecule is CCC1(C)Nc2ccccc2-c2nnc(SCc3ccccc3)nc2O1. The van der Waals surface area contributed by atoms with E-state index in [-0.39, 0.29) is 0 Å². The third-order valence-electron chi connectivity index (χ3n) is 4.42. The summed E-state index contributed by atoms with van der Waals surface area (Å²) in [5.41, 5.74) is 3.30. The Kier molecular flexibility index (Phi) is 4.51. The second-order valence-corrected chi connectivity index (χ2v) is 7.32. The lowest BCUT2D eigenvalue weighted by molar-refractivity contribution is 0.109. The van der Waals surface area contributed by atoms with Crippen molar-refractivity contribution >= 4 is 17.4 Å². The topological polar surface area (TPSA) is 59.9 Å². The van der Waals surface area contributed by atoms with Crippen molar-refractivity contribution in [1.29, 1.82) is 0 Å². The van der Waals surface area contributed by atoms with Crippen molar-refractivity contribution in [3.63, 3.8) is 0 Å². The molecule has 1 aliphatic rings. The quantitative estimate of drug-likeness (QED) is 0.674. The second kappa shape index (κ2) is 6.96. The molecule has 5 nitrogen and oxygen atoms in total. The summed E-state index contributed by atoms with van der Waals surface area (Å²) in [5.74, 6) is 1.32. The molecule has 2 aromatic carbocycles. The van der Waals surface area contributed by atoms with Crippen molar-refractivity contribution in [2.24, 2.45) is 0 Å². The fourth-order valence-electron chi connectivity index (χ4n) is 2.80. The summed E-state index contributed by atoms with van der Waals surface area (Å²) >= 11 is 1.56. The van der Waals surface area contributed by atoms with Crippen molar-refractivity contribution in [2.75, 3.05) is 5.32 Å². The van der Waals surface area contributed by atoms with Gasteiger partial charge in [-0.05, 0) is 18.6 Å². The molecule has 0 bridgehead atoms. The van der Waals surface area contributed by atoms with Gasteiger partial charge >= 0.3 is 0 Å². The summed E-state index contributed by atoms with van der Waals surface area (Å²) in [6.45, 7) is 4.11. The van der Waals surface area contributed by atoms with Crippen LogP contribution in [-0.2, 0) is 5.75 Å². The maximum Gasteiger partial charge on any atom is 0.247 e. The van der Waals surface area contributed by atoms with Gasteiger partial charge in [-0.25, -0.2) is 0 Å². The molecular formula is C20H20N4OS. The number of ether oxygens (including phenoxy) is 1. The van der Waals surface area contributed by atoms with Crippen LogP contribution in [-0.4, -0.2) is 20.9 Å². The molecule has 0 radical (unpaired) electrons. The Morgan fingerprint density at radius 2 is 1.81 bits per heavy atom. The summed E-state index contributed by atoms with van der Waals surface area (Å²) in [6, 6.07) is 18.3. The maximum absolute atomic E-state index is 6.23. The molecule has 0 spiro atoms. The average Bonchev–Trinajstić information content (AvgIpc) is 2.80. The standard InChI is InChI=1S/C20H20N4OS/c1-3-20(2)22-16-12-8-7-11-15(16)17-18(25-20)21-19(24-23-17)26-13-14-9-5-4-6-10-14/h4-12,22H,3,13H2,1-2H3. The minimum absolute atomic E-state index is 0.525. The van der Waals surface area contributed by atoms with Crippen LogP contribution in [0.25, 0.3) is 11.3 Å². The second-order valence-electron chi connectivity index (χ2n) is 6.38. The molecule has 0 aliphatic carbocycles. The summed E-state index contributed by atoms with van der Waals surface area (Å²) in [7, 11) is 0. The molecule has 6 heteroatoms. The molecule has 4 rings (SSSR count). The van der Waals surface area contributed by atoms with Gasteiger partial charge in [0, 0.05) is 23.4 Å². The van der Waals surface area contributed by atoms with E-state index < -0.39 is 5.72 Å². The van der Waals surface area contributed by atoms with E-state index in [4.69, 9.17) is 4.74 Å². The number of benzene rings is 2. The van der Waals surface area contributed by atoms with Crippen LogP contribution in [0.3, 0.4) is 0 Å². The Morgan fingerprint density at radius 1 is 1.04 bits per heavy atom. The zero-order chi connectivity index (χ0) is 18.0. The van der Waals surface area contributed by atoms with Crippen LogP contribution in [0.15, 0.2) is 59.8 Å². The van der Waals surface area contributed by atoms with Gasteiger partial charge in [0.1, 0.15) is 0 Å². The molecule has 1 aliphatic heterocycles. The van der Waals surface area contributed by atoms with Crippen LogP contribution in [0, 0.1) is 0 Å². The first-order valence-electron chi connectivity index (χ1n) is 8.65. The Hall–Kier alpha value is -2.60. The Bertz CT molecular complexity index is 919. The van der Waals surface area contributed by atoms with Gasteiger partial charge in [-0.15, -0.1) is 10.2 Å². The number of rotatable bonds is 4. The number of thioether (sulfide) groups is 1. The number of hydrogen-bond donors (Lipinski definition) is 1. The van der Waals surface area contributed by atoms with Crippen molar-refractivity contribution in [2.45, 2.75) is 36.9 Å². The van der Waals surface area contributed by atoms with E-state index in [2.05, 4.69) is 39.6 Å². The van der Waals surface area contributed by atoms with Gasteiger partial charge in [0.15, 0.2) is 11.4 Å². The first kappa shape index (κ1) is 16.8. The maximum atomic E-state index is 6.23. The number of nitrogens with zero attached hydrogens (tertiary/aromatic N) is 3. The molecule has 2 heterocycles. The number of hydrogen-bond acceptors (Lipinski definition) is 6. The predicted octanol–water partition coefficient (Wildman–Crippen LogP) is 4.76. The molecule has 0 saturated heterocycles. The molecule has 1 atom stereocenters. The lowest BCUT2D eigenvalue weighted by Gasteiger charge is -2.29. The number of para-hydroxylation sites is 1. The molecule has 3 aromatic rings. The highest BCUT2D eigenvalue weighted by Gasteiger charge is 2.32. The fraction of sp³-hybridized carbons (Fsp3) is 0.250. The van der Waals surface area contributed by atoms with Crippen LogP contribution >= 0.6 is 11.8 Å². The van der Waals surface area contributed by atoms with Gasteiger partial charge in [-0.1, -0.05) is 67.2 Å². The third kappa shape index (κ3) is 3.37. The number of anilines is 1. The summed E-state index contributed by atoms with van der Waals surface area (Å²) < 4.78 is 6.23. The van der Waals surface area contributed by atoms with Crippen LogP contribution in [0.5, 0.6) is 5.88 Å². The van der Waals surface area contributed by atoms with E-state index in [9.17, 15) is 0 Å². The van der Waals surface area contributed by atoms with Gasteiger partial charge in [-0.3, -0.25) is 0 Å². The highest BCUT2D eigenvalue weighted by atomic mass is 32.2. The zero-order valence-corrected chi connectivity index (χ0v) is 15.6. The zero-order valence-electron chi connectivity index (χ0n) is 14.8. The van der Waals surface area contributed by atoms with Gasteiger partial charge in [0.25, 0.3) is 0 Å². The molecule has 1 N–H and O–H groups in total. The van der Waals surface area contributed by atoms with Crippen molar-refractivity contribution in [3.05, 3.63) is 60.2 Å². The van der Waals surface area contributed by atoms with E-state index in [0.717, 1.165) is 23.4 Å². The Labute approximate surface area is 157 Å². The van der Waals surface area contributed by atoms with E-state index in [0.29, 0.717) is 16.7 Å². The summed E-state index contributed by atoms with van der Waals surface area (Å²) in [6.07, 6.45) is 0.789. The Balaban J connectivity index is 1.68. The largest absolute Gasteiger partial charge is 0.450 e. The molecule has 1 unspecified atom stereocenters. The average molecular weight is 364 g/mol. The van der Waals surface area contributed by atoms with Crippen molar-refractivity contribution in [1.82, 2.24) is 15.2 Å². The lowest BCUT2D eigenvalue weighted by atomic mass is 10.1. The highest BCUT2D eigenvalue weighted by molar-refractivity contribution is 7.98. The fourth-order valence-corrected chi connectivity index (χ4v) is 3.54. The van der Waals surface area contributed by atoms with Gasteiger partial charge < -0.3 is 10.1 Å². The number of aromatic nitrogens is 3. The molecule has 132 valence electrons. The van der Waals surface area contributed by atoms with E-state index in [1.165, 1.54) is 5.56 Å². The molecule has 26 heavy (non-hydrogen) atoms. The van der Waals surface area contributed by atoms with Crippen molar-refractivity contribution < 1.29 is 4.74 Å². The smallest absolute Gasteiger partial charge is 0.247 e. The summed E-state index contributed by atoms with van der Waals surface area (Å²) in [5, 5.41) is 12.8. The number of fused-ring (bicyclic) bond motifs is 3. The monoisotopic (exact) mass is 364 g/mol. The molecule has 0 fully saturated rings. The van der Waals surface area contributed by atoms with Crippen LogP contribution in [0.4, 0.5) is 5.69 Å². The Morgan fingerprint density at radius 3 is 2.62 bits per heavy atom. The minimum Gasteiger partial charge on any atom is -0.450 e. The first-order chi connectivity index (χ1) is 12.7. The van der Waals surface area contributed by atoms with Crippen LogP contribution in [0.2, 0.25) is 0 Å². The third-order valence-corrected chi connectivity index (χ3v) is 5.33. The van der Waals surface area contributed by atoms with Gasteiger partial charge in [0.05, 0.1) is 0 Å². The van der Waals surface area contributed by atoms with Crippen LogP contribution < -0.4 is 10.1 Å². The van der Waals surface area contributed by atoms with Crippen molar-refractivity contribution in [3.8, 4) is 17.1 Å². The molecule has 0 saturated carbocycles. The normalized spacial score (nSPS) is 18.1. The van der Waals surface area contributed by atoms with E-state index in [1.54, 1.807) is 11.8 Å². The minimum atomic E-state index is -0.543. The highest BCUT2D eigenvalue weighted by Crippen LogP contribution is 2.39. The number of nitrogens with one attached hydrogen (secondary N) is 1.